The molecule has 0 aliphatic rings. The molecule has 0 saturated heterocycles. The van der Waals surface area contributed by atoms with Crippen molar-refractivity contribution in [3.8, 4) is 5.75 Å². The third kappa shape index (κ3) is 6.33. The molecule has 0 atom stereocenters. The number of amides is 1. The Hall–Kier alpha value is -3.01. The normalized spacial score (nSPS) is 10.2. The summed E-state index contributed by atoms with van der Waals surface area (Å²) in [4.78, 5) is 38.8. The van der Waals surface area contributed by atoms with E-state index in [1.807, 2.05) is 0 Å². The first-order chi connectivity index (χ1) is 12.9. The number of carbonyl (C=O) groups is 3. The number of hydrogen-bond acceptors (Lipinski definition) is 8. The number of nitrogens with one attached hydrogen (secondary N) is 1. The Bertz CT molecular complexity index is 839. The van der Waals surface area contributed by atoms with Gasteiger partial charge in [0.25, 0.3) is 5.91 Å². The van der Waals surface area contributed by atoms with Crippen LogP contribution in [0.1, 0.15) is 11.3 Å². The smallest absolute Gasteiger partial charge is 0.311 e. The van der Waals surface area contributed by atoms with Gasteiger partial charge in [0.2, 0.25) is 0 Å². The lowest BCUT2D eigenvalue weighted by atomic mass is 10.1. The van der Waals surface area contributed by atoms with Gasteiger partial charge in [0, 0.05) is 5.38 Å². The van der Waals surface area contributed by atoms with Crippen LogP contribution >= 0.6 is 11.3 Å². The van der Waals surface area contributed by atoms with E-state index in [0.717, 1.165) is 11.3 Å². The number of aromatic nitrogens is 1. The van der Waals surface area contributed by atoms with Crippen molar-refractivity contribution in [3.05, 3.63) is 40.7 Å². The van der Waals surface area contributed by atoms with E-state index >= 15 is 0 Å². The van der Waals surface area contributed by atoms with Crippen LogP contribution in [0.3, 0.4) is 0 Å². The Morgan fingerprint density at radius 1 is 1.19 bits per heavy atom. The second kappa shape index (κ2) is 9.62. The first-order valence-electron chi connectivity index (χ1n) is 7.70. The number of benzene rings is 1. The standard InChI is InChI=1S/C17H17FN2O6S/c1-24-13-4-3-10(5-12(13)18)6-16(23)26-8-14(21)20-17-19-11(9-27-17)7-15(22)25-2/h3-5,9H,6-8H2,1-2H3,(H,19,20,21). The Labute approximate surface area is 158 Å². The molecule has 0 saturated carbocycles. The average molecular weight is 396 g/mol. The van der Waals surface area contributed by atoms with E-state index < -0.39 is 30.3 Å². The maximum absolute atomic E-state index is 13.6. The van der Waals surface area contributed by atoms with Gasteiger partial charge in [-0.15, -0.1) is 11.3 Å². The summed E-state index contributed by atoms with van der Waals surface area (Å²) in [5, 5.41) is 4.34. The molecule has 1 N–H and O–H groups in total. The Kier molecular flexibility index (Phi) is 7.24. The highest BCUT2D eigenvalue weighted by Gasteiger charge is 2.13. The maximum atomic E-state index is 13.6. The van der Waals surface area contributed by atoms with E-state index in [4.69, 9.17) is 9.47 Å². The van der Waals surface area contributed by atoms with Gasteiger partial charge in [0.1, 0.15) is 0 Å². The second-order valence-electron chi connectivity index (χ2n) is 5.25. The molecule has 1 amide bonds. The monoisotopic (exact) mass is 396 g/mol. The van der Waals surface area contributed by atoms with Crippen LogP contribution in [0.2, 0.25) is 0 Å². The maximum Gasteiger partial charge on any atom is 0.311 e. The van der Waals surface area contributed by atoms with E-state index in [0.29, 0.717) is 11.3 Å². The predicted molar refractivity (Wildman–Crippen MR) is 94.1 cm³/mol. The van der Waals surface area contributed by atoms with E-state index in [1.54, 1.807) is 5.38 Å². The summed E-state index contributed by atoms with van der Waals surface area (Å²) < 4.78 is 27.8. The minimum absolute atomic E-state index is 0.00369. The van der Waals surface area contributed by atoms with E-state index in [-0.39, 0.29) is 23.7 Å². The molecular formula is C17H17FN2O6S. The number of rotatable bonds is 8. The van der Waals surface area contributed by atoms with Gasteiger partial charge in [-0.05, 0) is 17.7 Å². The first kappa shape index (κ1) is 20.3. The Morgan fingerprint density at radius 2 is 1.96 bits per heavy atom. The largest absolute Gasteiger partial charge is 0.494 e. The fourth-order valence-electron chi connectivity index (χ4n) is 2.00. The molecule has 0 radical (unpaired) electrons. The fourth-order valence-corrected chi connectivity index (χ4v) is 2.73. The van der Waals surface area contributed by atoms with E-state index in [9.17, 15) is 18.8 Å². The number of methoxy groups -OCH3 is 2. The summed E-state index contributed by atoms with van der Waals surface area (Å²) in [7, 11) is 2.61. The molecule has 8 nitrogen and oxygen atoms in total. The molecule has 0 fully saturated rings. The molecule has 0 bridgehead atoms. The van der Waals surface area contributed by atoms with Gasteiger partial charge < -0.3 is 14.2 Å². The van der Waals surface area contributed by atoms with Gasteiger partial charge in [-0.25, -0.2) is 9.37 Å². The summed E-state index contributed by atoms with van der Waals surface area (Å²) in [6, 6.07) is 4.10. The highest BCUT2D eigenvalue weighted by atomic mass is 32.1. The van der Waals surface area contributed by atoms with Gasteiger partial charge in [-0.1, -0.05) is 6.07 Å². The Morgan fingerprint density at radius 3 is 2.63 bits per heavy atom. The molecule has 0 aliphatic heterocycles. The van der Waals surface area contributed by atoms with Crippen molar-refractivity contribution in [2.45, 2.75) is 12.8 Å². The molecule has 2 aromatic rings. The van der Waals surface area contributed by atoms with Crippen LogP contribution in [-0.2, 0) is 36.7 Å². The fraction of sp³-hybridized carbons (Fsp3) is 0.294. The minimum atomic E-state index is -0.680. The zero-order chi connectivity index (χ0) is 19.8. The van der Waals surface area contributed by atoms with E-state index in [1.165, 1.54) is 32.4 Å². The van der Waals surface area contributed by atoms with Crippen LogP contribution in [0.25, 0.3) is 0 Å². The molecule has 1 aromatic carbocycles. The number of ether oxygens (including phenoxy) is 3. The highest BCUT2D eigenvalue weighted by Crippen LogP contribution is 2.18. The lowest BCUT2D eigenvalue weighted by molar-refractivity contribution is -0.146. The number of halogens is 1. The molecule has 0 unspecified atom stereocenters. The van der Waals surface area contributed by atoms with Crippen molar-refractivity contribution in [2.75, 3.05) is 26.1 Å². The number of carbonyl (C=O) groups excluding carboxylic acids is 3. The van der Waals surface area contributed by atoms with Crippen molar-refractivity contribution < 1.29 is 33.0 Å². The van der Waals surface area contributed by atoms with Gasteiger partial charge in [0.15, 0.2) is 23.3 Å². The van der Waals surface area contributed by atoms with Gasteiger partial charge in [-0.2, -0.15) is 0 Å². The molecule has 10 heteroatoms. The molecule has 27 heavy (non-hydrogen) atoms. The summed E-state index contributed by atoms with van der Waals surface area (Å²) in [6.45, 7) is -0.511. The van der Waals surface area contributed by atoms with Crippen LogP contribution in [-0.4, -0.2) is 43.7 Å². The number of nitrogens with zero attached hydrogens (tertiary/aromatic N) is 1. The summed E-state index contributed by atoms with van der Waals surface area (Å²) >= 11 is 1.13. The van der Waals surface area contributed by atoms with Crippen molar-refractivity contribution in [1.29, 1.82) is 0 Å². The first-order valence-corrected chi connectivity index (χ1v) is 8.58. The highest BCUT2D eigenvalue weighted by molar-refractivity contribution is 7.13. The minimum Gasteiger partial charge on any atom is -0.494 e. The van der Waals surface area contributed by atoms with Crippen molar-refractivity contribution in [3.63, 3.8) is 0 Å². The van der Waals surface area contributed by atoms with Crippen LogP contribution in [0.15, 0.2) is 23.6 Å². The molecular weight excluding hydrogens is 379 g/mol. The number of thiazole rings is 1. The van der Waals surface area contributed by atoms with Crippen molar-refractivity contribution in [2.24, 2.45) is 0 Å². The zero-order valence-corrected chi connectivity index (χ0v) is 15.4. The van der Waals surface area contributed by atoms with Crippen molar-refractivity contribution >= 4 is 34.3 Å². The molecule has 2 rings (SSSR count). The SMILES string of the molecule is COC(=O)Cc1csc(NC(=O)COC(=O)Cc2ccc(OC)c(F)c2)n1. The second-order valence-corrected chi connectivity index (χ2v) is 6.11. The van der Waals surface area contributed by atoms with E-state index in [2.05, 4.69) is 15.0 Å². The third-order valence-electron chi connectivity index (χ3n) is 3.28. The summed E-state index contributed by atoms with van der Waals surface area (Å²) in [5.41, 5.74) is 0.853. The van der Waals surface area contributed by atoms with Crippen LogP contribution < -0.4 is 10.1 Å². The summed E-state index contributed by atoms with van der Waals surface area (Å²) in [6.07, 6.45) is -0.189. The molecule has 0 aliphatic carbocycles. The molecule has 1 heterocycles. The summed E-state index contributed by atoms with van der Waals surface area (Å²) in [5.74, 6) is -2.22. The van der Waals surface area contributed by atoms with Gasteiger partial charge in [-0.3, -0.25) is 19.7 Å². The van der Waals surface area contributed by atoms with Crippen LogP contribution in [0, 0.1) is 5.82 Å². The van der Waals surface area contributed by atoms with Crippen LogP contribution in [0.4, 0.5) is 9.52 Å². The number of hydrogen-bond donors (Lipinski definition) is 1. The lowest BCUT2D eigenvalue weighted by Crippen LogP contribution is -2.21. The molecule has 144 valence electrons. The van der Waals surface area contributed by atoms with Crippen molar-refractivity contribution in [1.82, 2.24) is 4.98 Å². The lowest BCUT2D eigenvalue weighted by Gasteiger charge is -2.06. The van der Waals surface area contributed by atoms with Crippen LogP contribution in [0.5, 0.6) is 5.75 Å². The molecule has 0 spiro atoms. The average Bonchev–Trinajstić information content (AvgIpc) is 3.06. The quantitative estimate of drug-likeness (QED) is 0.678. The third-order valence-corrected chi connectivity index (χ3v) is 4.09. The van der Waals surface area contributed by atoms with Gasteiger partial charge in [0.05, 0.1) is 32.8 Å². The Balaban J connectivity index is 1.78. The van der Waals surface area contributed by atoms with Gasteiger partial charge >= 0.3 is 11.9 Å². The zero-order valence-electron chi connectivity index (χ0n) is 14.6. The molecule has 1 aromatic heterocycles. The topological polar surface area (TPSA) is 104 Å². The predicted octanol–water partition coefficient (Wildman–Crippen LogP) is 1.73. The number of esters is 2. The number of anilines is 1.